The Bertz CT molecular complexity index is 742. The van der Waals surface area contributed by atoms with Gasteiger partial charge >= 0.3 is 0 Å². The number of oxazole rings is 1. The molecule has 3 rings (SSSR count). The highest BCUT2D eigenvalue weighted by Crippen LogP contribution is 2.26. The third-order valence-corrected chi connectivity index (χ3v) is 3.61. The highest BCUT2D eigenvalue weighted by Gasteiger charge is 2.13. The van der Waals surface area contributed by atoms with E-state index in [1.165, 1.54) is 0 Å². The van der Waals surface area contributed by atoms with Gasteiger partial charge in [-0.25, -0.2) is 4.98 Å². The molecule has 0 bridgehead atoms. The van der Waals surface area contributed by atoms with Crippen LogP contribution in [0.3, 0.4) is 0 Å². The Hall–Kier alpha value is -2.33. The lowest BCUT2D eigenvalue weighted by Gasteiger charge is -1.98. The van der Waals surface area contributed by atoms with E-state index in [-0.39, 0.29) is 5.12 Å². The van der Waals surface area contributed by atoms with Crippen LogP contribution in [-0.4, -0.2) is 10.1 Å². The van der Waals surface area contributed by atoms with Crippen molar-refractivity contribution in [1.29, 1.82) is 0 Å². The summed E-state index contributed by atoms with van der Waals surface area (Å²) in [7, 11) is 0. The van der Waals surface area contributed by atoms with Crippen molar-refractivity contribution in [3.05, 3.63) is 66.2 Å². The second kappa shape index (κ2) is 5.35. The molecule has 0 saturated heterocycles. The minimum absolute atomic E-state index is 0.0906. The number of fused-ring (bicyclic) bond motifs is 1. The largest absolute Gasteiger partial charge is 0.431 e. The summed E-state index contributed by atoms with van der Waals surface area (Å²) in [5.74, 6) is 0. The molecule has 20 heavy (non-hydrogen) atoms. The number of nitrogens with zero attached hydrogens (tertiary/aromatic N) is 1. The average molecular weight is 281 g/mol. The van der Waals surface area contributed by atoms with E-state index in [1.54, 1.807) is 18.2 Å². The van der Waals surface area contributed by atoms with Crippen LogP contribution in [0.2, 0.25) is 0 Å². The first-order valence-electron chi connectivity index (χ1n) is 6.06. The molecule has 0 N–H and O–H groups in total. The fourth-order valence-electron chi connectivity index (χ4n) is 1.79. The number of rotatable bonds is 3. The van der Waals surface area contributed by atoms with Gasteiger partial charge in [0.15, 0.2) is 5.58 Å². The van der Waals surface area contributed by atoms with Crippen molar-refractivity contribution >= 4 is 34.1 Å². The zero-order valence-electron chi connectivity index (χ0n) is 10.6. The maximum Gasteiger partial charge on any atom is 0.264 e. The van der Waals surface area contributed by atoms with Crippen LogP contribution in [0.1, 0.15) is 15.9 Å². The number of para-hydroxylation sites is 2. The summed E-state index contributed by atoms with van der Waals surface area (Å²) >= 11 is 0.993. The van der Waals surface area contributed by atoms with E-state index >= 15 is 0 Å². The molecule has 0 aliphatic rings. The molecule has 1 heterocycles. The van der Waals surface area contributed by atoms with E-state index in [2.05, 4.69) is 11.6 Å². The predicted molar refractivity (Wildman–Crippen MR) is 80.7 cm³/mol. The summed E-state index contributed by atoms with van der Waals surface area (Å²) in [5, 5.41) is 0.274. The van der Waals surface area contributed by atoms with E-state index in [9.17, 15) is 4.79 Å². The number of carbonyl (C=O) groups excluding carboxylic acids is 1. The SMILES string of the molecule is C=Cc1ccc(C(=O)Sc2nc3ccccc3o2)cc1. The molecule has 0 atom stereocenters. The number of carbonyl (C=O) groups is 1. The van der Waals surface area contributed by atoms with Crippen LogP contribution >= 0.6 is 11.8 Å². The molecular weight excluding hydrogens is 270 g/mol. The minimum Gasteiger partial charge on any atom is -0.431 e. The summed E-state index contributed by atoms with van der Waals surface area (Å²) in [6, 6.07) is 14.7. The lowest BCUT2D eigenvalue weighted by molar-refractivity contribution is 0.108. The second-order valence-corrected chi connectivity index (χ2v) is 5.09. The number of thioether (sulfide) groups is 1. The van der Waals surface area contributed by atoms with E-state index < -0.39 is 0 Å². The number of hydrogen-bond donors (Lipinski definition) is 0. The van der Waals surface area contributed by atoms with Gasteiger partial charge in [-0.15, -0.1) is 0 Å². The Morgan fingerprint density at radius 1 is 1.15 bits per heavy atom. The molecule has 0 spiro atoms. The number of hydrogen-bond acceptors (Lipinski definition) is 4. The van der Waals surface area contributed by atoms with Gasteiger partial charge in [0, 0.05) is 17.3 Å². The van der Waals surface area contributed by atoms with Crippen molar-refractivity contribution in [3.8, 4) is 0 Å². The topological polar surface area (TPSA) is 43.1 Å². The average Bonchev–Trinajstić information content (AvgIpc) is 2.89. The molecule has 3 nitrogen and oxygen atoms in total. The van der Waals surface area contributed by atoms with Gasteiger partial charge in [0.25, 0.3) is 5.22 Å². The van der Waals surface area contributed by atoms with Crippen LogP contribution in [0.15, 0.2) is 64.7 Å². The van der Waals surface area contributed by atoms with Crippen LogP contribution in [0, 0.1) is 0 Å². The molecule has 0 radical (unpaired) electrons. The van der Waals surface area contributed by atoms with Gasteiger partial charge in [-0.3, -0.25) is 4.79 Å². The fraction of sp³-hybridized carbons (Fsp3) is 0. The van der Waals surface area contributed by atoms with Crippen molar-refractivity contribution in [2.75, 3.05) is 0 Å². The maximum absolute atomic E-state index is 12.1. The lowest BCUT2D eigenvalue weighted by atomic mass is 10.1. The van der Waals surface area contributed by atoms with Crippen molar-refractivity contribution in [2.45, 2.75) is 5.22 Å². The van der Waals surface area contributed by atoms with Crippen molar-refractivity contribution in [1.82, 2.24) is 4.98 Å². The molecule has 3 aromatic rings. The minimum atomic E-state index is -0.0906. The lowest BCUT2D eigenvalue weighted by Crippen LogP contribution is -1.92. The first kappa shape index (κ1) is 12.7. The molecular formula is C16H11NO2S. The molecule has 0 aliphatic heterocycles. The van der Waals surface area contributed by atoms with Crippen LogP contribution in [0.5, 0.6) is 0 Å². The van der Waals surface area contributed by atoms with E-state index in [0.717, 1.165) is 22.8 Å². The van der Waals surface area contributed by atoms with Crippen LogP contribution in [0.4, 0.5) is 0 Å². The normalized spacial score (nSPS) is 10.6. The first-order chi connectivity index (χ1) is 9.76. The molecule has 2 aromatic carbocycles. The fourth-order valence-corrected chi connectivity index (χ4v) is 2.48. The van der Waals surface area contributed by atoms with Gasteiger partial charge in [0.1, 0.15) is 5.52 Å². The van der Waals surface area contributed by atoms with E-state index in [1.807, 2.05) is 36.4 Å². The van der Waals surface area contributed by atoms with E-state index in [4.69, 9.17) is 4.42 Å². The third kappa shape index (κ3) is 2.51. The third-order valence-electron chi connectivity index (χ3n) is 2.84. The molecule has 0 unspecified atom stereocenters. The summed E-state index contributed by atoms with van der Waals surface area (Å²) in [4.78, 5) is 16.4. The second-order valence-electron chi connectivity index (χ2n) is 4.16. The monoisotopic (exact) mass is 281 g/mol. The summed E-state index contributed by atoms with van der Waals surface area (Å²) in [6.07, 6.45) is 1.74. The van der Waals surface area contributed by atoms with Crippen molar-refractivity contribution in [3.63, 3.8) is 0 Å². The van der Waals surface area contributed by atoms with Crippen LogP contribution < -0.4 is 0 Å². The molecule has 98 valence electrons. The molecule has 0 saturated carbocycles. The Balaban J connectivity index is 1.82. The molecule has 0 fully saturated rings. The standard InChI is InChI=1S/C16H11NO2S/c1-2-11-7-9-12(10-8-11)15(18)20-16-17-13-5-3-4-6-14(13)19-16/h2-10H,1H2. The van der Waals surface area contributed by atoms with Gasteiger partial charge in [0.2, 0.25) is 5.12 Å². The van der Waals surface area contributed by atoms with Gasteiger partial charge in [-0.05, 0) is 29.8 Å². The predicted octanol–water partition coefficient (Wildman–Crippen LogP) is 4.40. The Morgan fingerprint density at radius 3 is 2.60 bits per heavy atom. The Morgan fingerprint density at radius 2 is 1.90 bits per heavy atom. The molecule has 0 aliphatic carbocycles. The first-order valence-corrected chi connectivity index (χ1v) is 6.88. The van der Waals surface area contributed by atoms with Crippen molar-refractivity contribution in [2.24, 2.45) is 0 Å². The van der Waals surface area contributed by atoms with E-state index in [0.29, 0.717) is 16.4 Å². The maximum atomic E-state index is 12.1. The summed E-state index contributed by atoms with van der Waals surface area (Å²) in [5.41, 5.74) is 3.03. The quantitative estimate of drug-likeness (QED) is 0.667. The van der Waals surface area contributed by atoms with Gasteiger partial charge in [0.05, 0.1) is 0 Å². The highest BCUT2D eigenvalue weighted by molar-refractivity contribution is 8.14. The molecule has 0 amide bonds. The zero-order chi connectivity index (χ0) is 13.9. The molecule has 4 heteroatoms. The number of aromatic nitrogens is 1. The highest BCUT2D eigenvalue weighted by atomic mass is 32.2. The van der Waals surface area contributed by atoms with Gasteiger partial charge < -0.3 is 4.42 Å². The smallest absolute Gasteiger partial charge is 0.264 e. The summed E-state index contributed by atoms with van der Waals surface area (Å²) in [6.45, 7) is 3.68. The molecule has 1 aromatic heterocycles. The van der Waals surface area contributed by atoms with Crippen molar-refractivity contribution < 1.29 is 9.21 Å². The van der Waals surface area contributed by atoms with Crippen LogP contribution in [0.25, 0.3) is 17.2 Å². The van der Waals surface area contributed by atoms with Crippen LogP contribution in [-0.2, 0) is 0 Å². The Labute approximate surface area is 120 Å². The van der Waals surface area contributed by atoms with Gasteiger partial charge in [-0.2, -0.15) is 0 Å². The van der Waals surface area contributed by atoms with Gasteiger partial charge in [-0.1, -0.05) is 36.9 Å². The number of benzene rings is 2. The Kier molecular flexibility index (Phi) is 3.39. The zero-order valence-corrected chi connectivity index (χ0v) is 11.4. The summed E-state index contributed by atoms with van der Waals surface area (Å²) < 4.78 is 5.52.